The molecule has 1 rings (SSSR count). The molecule has 3 nitrogen and oxygen atoms in total. The molecule has 1 aromatic rings. The maximum atomic E-state index is 13.8. The Kier molecular flexibility index (Phi) is 7.95. The van der Waals surface area contributed by atoms with Crippen LogP contribution in [0.3, 0.4) is 0 Å². The van der Waals surface area contributed by atoms with Crippen LogP contribution >= 0.6 is 12.2 Å². The summed E-state index contributed by atoms with van der Waals surface area (Å²) in [6, 6.07) is 2.03. The maximum Gasteiger partial charge on any atom is 0.224 e. The molecule has 0 aliphatic rings. The number of hydrogen-bond donors (Lipinski definition) is 1. The summed E-state index contributed by atoms with van der Waals surface area (Å²) in [5.74, 6) is -1.81. The summed E-state index contributed by atoms with van der Waals surface area (Å²) in [5, 5.41) is 2.69. The van der Waals surface area contributed by atoms with Crippen LogP contribution in [0, 0.1) is 11.6 Å². The Balaban J connectivity index is 2.78. The van der Waals surface area contributed by atoms with Crippen LogP contribution in [0.2, 0.25) is 0 Å². The largest absolute Gasteiger partial charge is 0.487 e. The SMILES string of the molecule is CCCCOC(=S)Cc1cc(NC(=O)CCC)c(F)cc1F. The van der Waals surface area contributed by atoms with Crippen molar-refractivity contribution in [3.63, 3.8) is 0 Å². The van der Waals surface area contributed by atoms with Gasteiger partial charge in [-0.05, 0) is 36.7 Å². The second kappa shape index (κ2) is 9.46. The fourth-order valence-corrected chi connectivity index (χ4v) is 2.04. The summed E-state index contributed by atoms with van der Waals surface area (Å²) < 4.78 is 32.8. The van der Waals surface area contributed by atoms with Crippen LogP contribution in [0.25, 0.3) is 0 Å². The Morgan fingerprint density at radius 2 is 1.95 bits per heavy atom. The first-order valence-corrected chi connectivity index (χ1v) is 7.82. The van der Waals surface area contributed by atoms with E-state index in [1.54, 1.807) is 0 Å². The molecule has 6 heteroatoms. The lowest BCUT2D eigenvalue weighted by Gasteiger charge is -2.11. The smallest absolute Gasteiger partial charge is 0.224 e. The minimum Gasteiger partial charge on any atom is -0.487 e. The van der Waals surface area contributed by atoms with Crippen LogP contribution in [0.15, 0.2) is 12.1 Å². The number of amides is 1. The standard InChI is InChI=1S/C16H21F2NO2S/c1-3-5-7-21-16(22)9-11-8-14(13(18)10-12(11)17)19-15(20)6-4-2/h8,10H,3-7,9H2,1-2H3,(H,19,20). The highest BCUT2D eigenvalue weighted by atomic mass is 32.1. The normalized spacial score (nSPS) is 10.4. The number of hydrogen-bond acceptors (Lipinski definition) is 3. The summed E-state index contributed by atoms with van der Waals surface area (Å²) in [7, 11) is 0. The molecule has 0 aliphatic carbocycles. The molecule has 0 radical (unpaired) electrons. The van der Waals surface area contributed by atoms with Gasteiger partial charge in [0, 0.05) is 18.9 Å². The molecule has 22 heavy (non-hydrogen) atoms. The molecular formula is C16H21F2NO2S. The van der Waals surface area contributed by atoms with Crippen LogP contribution in [0.1, 0.15) is 45.1 Å². The van der Waals surface area contributed by atoms with Gasteiger partial charge in [-0.15, -0.1) is 0 Å². The van der Waals surface area contributed by atoms with Crippen molar-refractivity contribution in [2.75, 3.05) is 11.9 Å². The van der Waals surface area contributed by atoms with E-state index < -0.39 is 11.6 Å². The molecule has 0 saturated carbocycles. The quantitative estimate of drug-likeness (QED) is 0.568. The van der Waals surface area contributed by atoms with Crippen molar-refractivity contribution in [1.82, 2.24) is 0 Å². The number of carbonyl (C=O) groups excluding carboxylic acids is 1. The van der Waals surface area contributed by atoms with Crippen molar-refractivity contribution < 1.29 is 18.3 Å². The number of halogens is 2. The lowest BCUT2D eigenvalue weighted by molar-refractivity contribution is -0.116. The molecule has 122 valence electrons. The number of thiocarbonyl (C=S) groups is 1. The van der Waals surface area contributed by atoms with Gasteiger partial charge >= 0.3 is 0 Å². The van der Waals surface area contributed by atoms with Crippen molar-refractivity contribution in [1.29, 1.82) is 0 Å². The van der Waals surface area contributed by atoms with E-state index in [0.29, 0.717) is 13.0 Å². The fourth-order valence-electron chi connectivity index (χ4n) is 1.80. The first-order valence-electron chi connectivity index (χ1n) is 7.41. The van der Waals surface area contributed by atoms with E-state index in [9.17, 15) is 13.6 Å². The summed E-state index contributed by atoms with van der Waals surface area (Å²) in [4.78, 5) is 11.5. The second-order valence-corrected chi connectivity index (χ2v) is 5.43. The van der Waals surface area contributed by atoms with E-state index in [4.69, 9.17) is 17.0 Å². The van der Waals surface area contributed by atoms with Gasteiger partial charge in [-0.2, -0.15) is 0 Å². The van der Waals surface area contributed by atoms with E-state index in [-0.39, 0.29) is 35.1 Å². The first-order chi connectivity index (χ1) is 10.5. The average Bonchev–Trinajstić information content (AvgIpc) is 2.44. The Morgan fingerprint density at radius 3 is 2.59 bits per heavy atom. The number of nitrogens with one attached hydrogen (secondary N) is 1. The van der Waals surface area contributed by atoms with Crippen LogP contribution < -0.4 is 5.32 Å². The van der Waals surface area contributed by atoms with Gasteiger partial charge < -0.3 is 10.1 Å². The summed E-state index contributed by atoms with van der Waals surface area (Å²) >= 11 is 5.04. The number of rotatable bonds is 8. The summed E-state index contributed by atoms with van der Waals surface area (Å²) in [6.45, 7) is 4.35. The Hall–Kier alpha value is -1.56. The van der Waals surface area contributed by atoms with Gasteiger partial charge in [0.05, 0.1) is 12.3 Å². The highest BCUT2D eigenvalue weighted by Crippen LogP contribution is 2.21. The lowest BCUT2D eigenvalue weighted by Crippen LogP contribution is -2.14. The summed E-state index contributed by atoms with van der Waals surface area (Å²) in [6.07, 6.45) is 2.84. The number of anilines is 1. The third-order valence-electron chi connectivity index (χ3n) is 2.98. The lowest BCUT2D eigenvalue weighted by atomic mass is 10.1. The zero-order valence-electron chi connectivity index (χ0n) is 12.9. The van der Waals surface area contributed by atoms with Crippen molar-refractivity contribution in [2.24, 2.45) is 0 Å². The third kappa shape index (κ3) is 6.05. The minimum absolute atomic E-state index is 0.0359. The molecule has 0 bridgehead atoms. The van der Waals surface area contributed by atoms with E-state index in [1.165, 1.54) is 6.07 Å². The molecule has 0 heterocycles. The van der Waals surface area contributed by atoms with E-state index in [2.05, 4.69) is 5.32 Å². The van der Waals surface area contributed by atoms with Crippen LogP contribution in [0.4, 0.5) is 14.5 Å². The van der Waals surface area contributed by atoms with Crippen molar-refractivity contribution >= 4 is 28.9 Å². The zero-order valence-corrected chi connectivity index (χ0v) is 13.7. The highest BCUT2D eigenvalue weighted by Gasteiger charge is 2.14. The minimum atomic E-state index is -0.802. The van der Waals surface area contributed by atoms with Crippen LogP contribution in [-0.4, -0.2) is 17.6 Å². The highest BCUT2D eigenvalue weighted by molar-refractivity contribution is 7.80. The molecule has 1 amide bonds. The van der Waals surface area contributed by atoms with E-state index in [0.717, 1.165) is 18.9 Å². The first kappa shape index (κ1) is 18.5. The van der Waals surface area contributed by atoms with Gasteiger partial charge in [0.2, 0.25) is 5.91 Å². The second-order valence-electron chi connectivity index (χ2n) is 4.97. The molecule has 0 aliphatic heterocycles. The predicted molar refractivity (Wildman–Crippen MR) is 87.1 cm³/mol. The molecule has 0 saturated heterocycles. The monoisotopic (exact) mass is 329 g/mol. The molecule has 0 unspecified atom stereocenters. The molecule has 1 aromatic carbocycles. The number of unbranched alkanes of at least 4 members (excludes halogenated alkanes) is 1. The number of ether oxygens (including phenoxy) is 1. The van der Waals surface area contributed by atoms with Crippen molar-refractivity contribution in [3.8, 4) is 0 Å². The van der Waals surface area contributed by atoms with Gasteiger partial charge in [0.1, 0.15) is 11.6 Å². The average molecular weight is 329 g/mol. The van der Waals surface area contributed by atoms with Gasteiger partial charge in [-0.25, -0.2) is 8.78 Å². The predicted octanol–water partition coefficient (Wildman–Crippen LogP) is 4.39. The number of benzene rings is 1. The molecule has 1 N–H and O–H groups in total. The molecule has 0 atom stereocenters. The van der Waals surface area contributed by atoms with Gasteiger partial charge in [-0.1, -0.05) is 20.3 Å². The Labute approximate surface area is 135 Å². The third-order valence-corrected chi connectivity index (χ3v) is 3.25. The molecular weight excluding hydrogens is 308 g/mol. The Morgan fingerprint density at radius 1 is 1.23 bits per heavy atom. The van der Waals surface area contributed by atoms with E-state index in [1.807, 2.05) is 13.8 Å². The van der Waals surface area contributed by atoms with E-state index >= 15 is 0 Å². The van der Waals surface area contributed by atoms with Gasteiger partial charge in [0.25, 0.3) is 0 Å². The van der Waals surface area contributed by atoms with Crippen molar-refractivity contribution in [2.45, 2.75) is 46.0 Å². The summed E-state index contributed by atoms with van der Waals surface area (Å²) in [5.41, 5.74) is 0.168. The number of carbonyl (C=O) groups is 1. The van der Waals surface area contributed by atoms with Gasteiger partial charge in [0.15, 0.2) is 5.05 Å². The van der Waals surface area contributed by atoms with Crippen LogP contribution in [0.5, 0.6) is 0 Å². The van der Waals surface area contributed by atoms with Crippen molar-refractivity contribution in [3.05, 3.63) is 29.3 Å². The zero-order chi connectivity index (χ0) is 16.5. The van der Waals surface area contributed by atoms with Crippen LogP contribution in [-0.2, 0) is 16.0 Å². The maximum absolute atomic E-state index is 13.8. The topological polar surface area (TPSA) is 38.3 Å². The molecule has 0 fully saturated rings. The molecule has 0 spiro atoms. The fraction of sp³-hybridized carbons (Fsp3) is 0.500. The van der Waals surface area contributed by atoms with Gasteiger partial charge in [-0.3, -0.25) is 4.79 Å². The Bertz CT molecular complexity index is 535. The molecule has 0 aromatic heterocycles.